The smallest absolute Gasteiger partial charge is 0.194 e. The second-order valence-corrected chi connectivity index (χ2v) is 5.18. The average Bonchev–Trinajstić information content (AvgIpc) is 2.90. The van der Waals surface area contributed by atoms with Gasteiger partial charge in [0.15, 0.2) is 4.96 Å². The summed E-state index contributed by atoms with van der Waals surface area (Å²) >= 11 is 3.10. The summed E-state index contributed by atoms with van der Waals surface area (Å²) in [5.41, 5.74) is 8.77. The van der Waals surface area contributed by atoms with E-state index in [1.165, 1.54) is 11.5 Å². The van der Waals surface area contributed by atoms with E-state index in [-0.39, 0.29) is 0 Å². The van der Waals surface area contributed by atoms with Crippen LogP contribution in [0.15, 0.2) is 17.6 Å². The van der Waals surface area contributed by atoms with Crippen LogP contribution in [0.25, 0.3) is 15.5 Å². The van der Waals surface area contributed by atoms with Crippen LogP contribution in [0, 0.1) is 6.92 Å². The normalized spacial score (nSPS) is 11.4. The van der Waals surface area contributed by atoms with E-state index in [1.807, 2.05) is 18.5 Å². The zero-order chi connectivity index (χ0) is 11.1. The molecule has 0 amide bonds. The zero-order valence-corrected chi connectivity index (χ0v) is 10.3. The monoisotopic (exact) mass is 250 g/mol. The maximum absolute atomic E-state index is 5.66. The van der Waals surface area contributed by atoms with Crippen LogP contribution in [-0.4, -0.2) is 13.8 Å². The predicted molar refractivity (Wildman–Crippen MR) is 66.8 cm³/mol. The van der Waals surface area contributed by atoms with E-state index in [0.717, 1.165) is 26.9 Å². The van der Waals surface area contributed by atoms with E-state index in [9.17, 15) is 0 Å². The van der Waals surface area contributed by atoms with Crippen molar-refractivity contribution in [2.75, 3.05) is 0 Å². The summed E-state index contributed by atoms with van der Waals surface area (Å²) in [5, 5.41) is 2.05. The third-order valence-electron chi connectivity index (χ3n) is 2.37. The van der Waals surface area contributed by atoms with Crippen molar-refractivity contribution in [3.63, 3.8) is 0 Å². The molecule has 0 aromatic carbocycles. The van der Waals surface area contributed by atoms with Gasteiger partial charge >= 0.3 is 0 Å². The van der Waals surface area contributed by atoms with Gasteiger partial charge in [-0.3, -0.25) is 4.40 Å². The number of imidazole rings is 1. The first-order valence-corrected chi connectivity index (χ1v) is 6.52. The first-order chi connectivity index (χ1) is 7.78. The number of hydrogen-bond donors (Lipinski definition) is 1. The van der Waals surface area contributed by atoms with Crippen molar-refractivity contribution in [3.8, 4) is 10.6 Å². The summed E-state index contributed by atoms with van der Waals surface area (Å²) in [5.74, 6) is 0. The Labute approximate surface area is 101 Å². The van der Waals surface area contributed by atoms with Gasteiger partial charge in [-0.05, 0) is 24.5 Å². The summed E-state index contributed by atoms with van der Waals surface area (Å²) in [6.07, 6.45) is 2.03. The van der Waals surface area contributed by atoms with Gasteiger partial charge in [0.2, 0.25) is 0 Å². The molecule has 0 saturated heterocycles. The molecule has 0 aliphatic heterocycles. The molecule has 6 heteroatoms. The standard InChI is InChI=1S/C10H10N4S2/c1-6-2-9(16-13-6)8-4-14-7(3-11)5-15-10(14)12-8/h2,4-5H,3,11H2,1H3. The van der Waals surface area contributed by atoms with E-state index in [0.29, 0.717) is 6.54 Å². The van der Waals surface area contributed by atoms with Crippen LogP contribution in [0.3, 0.4) is 0 Å². The van der Waals surface area contributed by atoms with Crippen molar-refractivity contribution in [1.82, 2.24) is 13.8 Å². The fourth-order valence-electron chi connectivity index (χ4n) is 1.58. The number of nitrogens with two attached hydrogens (primary N) is 1. The van der Waals surface area contributed by atoms with Crippen molar-refractivity contribution >= 4 is 27.8 Å². The largest absolute Gasteiger partial charge is 0.325 e. The van der Waals surface area contributed by atoms with Crippen molar-refractivity contribution in [2.45, 2.75) is 13.5 Å². The van der Waals surface area contributed by atoms with E-state index in [4.69, 9.17) is 5.73 Å². The molecular formula is C10H10N4S2. The summed E-state index contributed by atoms with van der Waals surface area (Å²) in [6.45, 7) is 2.53. The highest BCUT2D eigenvalue weighted by molar-refractivity contribution is 7.15. The zero-order valence-electron chi connectivity index (χ0n) is 8.67. The molecule has 3 rings (SSSR count). The molecule has 0 radical (unpaired) electrons. The van der Waals surface area contributed by atoms with Gasteiger partial charge in [0, 0.05) is 23.8 Å². The summed E-state index contributed by atoms with van der Waals surface area (Å²) in [7, 11) is 0. The minimum Gasteiger partial charge on any atom is -0.325 e. The van der Waals surface area contributed by atoms with Crippen LogP contribution in [0.5, 0.6) is 0 Å². The summed E-state index contributed by atoms with van der Waals surface area (Å²) in [6, 6.07) is 2.05. The number of aryl methyl sites for hydroxylation is 1. The molecule has 0 unspecified atom stereocenters. The number of nitrogens with zero attached hydrogens (tertiary/aromatic N) is 3. The molecule has 3 heterocycles. The van der Waals surface area contributed by atoms with Gasteiger partial charge in [0.05, 0.1) is 10.6 Å². The molecule has 0 saturated carbocycles. The topological polar surface area (TPSA) is 56.2 Å². The molecule has 4 nitrogen and oxygen atoms in total. The Hall–Kier alpha value is -1.24. The van der Waals surface area contributed by atoms with Gasteiger partial charge in [-0.25, -0.2) is 4.98 Å². The number of thiazole rings is 1. The number of fused-ring (bicyclic) bond motifs is 1. The van der Waals surface area contributed by atoms with E-state index in [1.54, 1.807) is 11.3 Å². The molecule has 0 atom stereocenters. The number of hydrogen-bond acceptors (Lipinski definition) is 5. The summed E-state index contributed by atoms with van der Waals surface area (Å²) in [4.78, 5) is 6.66. The second-order valence-electron chi connectivity index (χ2n) is 3.54. The molecule has 0 bridgehead atoms. The predicted octanol–water partition coefficient (Wildman–Crippen LogP) is 2.29. The Kier molecular flexibility index (Phi) is 2.27. The van der Waals surface area contributed by atoms with Crippen molar-refractivity contribution in [3.05, 3.63) is 29.0 Å². The minimum absolute atomic E-state index is 0.539. The van der Waals surface area contributed by atoms with Gasteiger partial charge < -0.3 is 5.73 Å². The van der Waals surface area contributed by atoms with Crippen LogP contribution in [0.1, 0.15) is 11.4 Å². The molecular weight excluding hydrogens is 240 g/mol. The third-order valence-corrected chi connectivity index (χ3v) is 4.16. The lowest BCUT2D eigenvalue weighted by molar-refractivity contribution is 0.966. The average molecular weight is 250 g/mol. The van der Waals surface area contributed by atoms with Gasteiger partial charge in [0.1, 0.15) is 5.69 Å². The number of aromatic nitrogens is 3. The van der Waals surface area contributed by atoms with E-state index < -0.39 is 0 Å². The lowest BCUT2D eigenvalue weighted by atomic mass is 10.3. The van der Waals surface area contributed by atoms with Crippen LogP contribution in [0.4, 0.5) is 0 Å². The lowest BCUT2D eigenvalue weighted by Gasteiger charge is -1.90. The maximum Gasteiger partial charge on any atom is 0.194 e. The molecule has 0 fully saturated rings. The number of rotatable bonds is 2. The van der Waals surface area contributed by atoms with Gasteiger partial charge in [-0.2, -0.15) is 4.37 Å². The second kappa shape index (κ2) is 3.65. The quantitative estimate of drug-likeness (QED) is 0.759. The SMILES string of the molecule is Cc1cc(-c2cn3c(CN)csc3n2)sn1. The Morgan fingerprint density at radius 2 is 2.38 bits per heavy atom. The molecule has 3 aromatic heterocycles. The molecule has 0 spiro atoms. The first-order valence-electron chi connectivity index (χ1n) is 4.87. The Morgan fingerprint density at radius 1 is 1.50 bits per heavy atom. The molecule has 3 aromatic rings. The van der Waals surface area contributed by atoms with Crippen molar-refractivity contribution in [2.24, 2.45) is 5.73 Å². The van der Waals surface area contributed by atoms with Crippen molar-refractivity contribution in [1.29, 1.82) is 0 Å². The van der Waals surface area contributed by atoms with Gasteiger partial charge in [-0.15, -0.1) is 11.3 Å². The Bertz CT molecular complexity index is 634. The lowest BCUT2D eigenvalue weighted by Crippen LogP contribution is -1.98. The molecule has 16 heavy (non-hydrogen) atoms. The maximum atomic E-state index is 5.66. The fraction of sp³-hybridized carbons (Fsp3) is 0.200. The van der Waals surface area contributed by atoms with E-state index in [2.05, 4.69) is 19.8 Å². The fourth-order valence-corrected chi connectivity index (χ4v) is 3.18. The minimum atomic E-state index is 0.539. The Balaban J connectivity index is 2.15. The highest BCUT2D eigenvalue weighted by atomic mass is 32.1. The van der Waals surface area contributed by atoms with Crippen LogP contribution in [-0.2, 0) is 6.54 Å². The third kappa shape index (κ3) is 1.46. The summed E-state index contributed by atoms with van der Waals surface area (Å²) < 4.78 is 6.31. The molecule has 0 aliphatic rings. The van der Waals surface area contributed by atoms with Crippen LogP contribution in [0.2, 0.25) is 0 Å². The van der Waals surface area contributed by atoms with Crippen LogP contribution >= 0.6 is 22.9 Å². The molecule has 82 valence electrons. The first kappa shape index (κ1) is 9.95. The molecule has 0 aliphatic carbocycles. The highest BCUT2D eigenvalue weighted by Crippen LogP contribution is 2.26. The van der Waals surface area contributed by atoms with Gasteiger partial charge in [-0.1, -0.05) is 0 Å². The molecule has 2 N–H and O–H groups in total. The van der Waals surface area contributed by atoms with E-state index >= 15 is 0 Å². The van der Waals surface area contributed by atoms with Crippen LogP contribution < -0.4 is 5.73 Å². The van der Waals surface area contributed by atoms with Crippen molar-refractivity contribution < 1.29 is 0 Å². The Morgan fingerprint density at radius 3 is 3.06 bits per heavy atom. The highest BCUT2D eigenvalue weighted by Gasteiger charge is 2.10. The van der Waals surface area contributed by atoms with Gasteiger partial charge in [0.25, 0.3) is 0 Å².